The van der Waals surface area contributed by atoms with E-state index in [0.29, 0.717) is 61.1 Å². The number of hydrogen-bond donors (Lipinski definition) is 0. The van der Waals surface area contributed by atoms with E-state index in [1.807, 2.05) is 0 Å². The smallest absolute Gasteiger partial charge is 0.0606 e. The molecular weight excluding hydrogens is 1780 g/mol. The lowest BCUT2D eigenvalue weighted by atomic mass is 9.59. The van der Waals surface area contributed by atoms with Crippen LogP contribution in [0.25, 0.3) is 0 Å². The predicted octanol–water partition coefficient (Wildman–Crippen LogP) is 19.6. The monoisotopic (exact) mass is 2030 g/mol. The third-order valence-electron chi connectivity index (χ3n) is 38.1. The first-order chi connectivity index (χ1) is 65.5. The van der Waals surface area contributed by atoms with Crippen molar-refractivity contribution < 1.29 is 4.74 Å². The summed E-state index contributed by atoms with van der Waals surface area (Å²) in [4.78, 5) is 50.3. The van der Waals surface area contributed by atoms with Crippen LogP contribution in [-0.2, 0) is 4.74 Å². The maximum atomic E-state index is 5.90. The van der Waals surface area contributed by atoms with Crippen molar-refractivity contribution in [2.45, 2.75) is 460 Å². The molecule has 12 aliphatic heterocycles. The second-order valence-electron chi connectivity index (χ2n) is 59.5. The maximum absolute atomic E-state index is 5.90. The molecule has 0 aromatic rings. The predicted molar refractivity (Wildman–Crippen MR) is 630 cm³/mol. The van der Waals surface area contributed by atoms with E-state index in [9.17, 15) is 0 Å². The number of nitrogens with zero attached hydrogens (tertiary/aromatic N) is 20. The van der Waals surface area contributed by atoms with Crippen LogP contribution in [0, 0.1) is 27.1 Å². The zero-order chi connectivity index (χ0) is 107. The Balaban J connectivity index is 0.000000244. The van der Waals surface area contributed by atoms with Gasteiger partial charge < -0.3 is 63.5 Å². The lowest BCUT2D eigenvalue weighted by molar-refractivity contribution is -0.133. The Hall–Kier alpha value is -0.490. The quantitative estimate of drug-likeness (QED) is 0.165. The van der Waals surface area contributed by atoms with Crippen molar-refractivity contribution in [1.82, 2.24) is 98.0 Å². The number of fused-ring (bicyclic) bond motifs is 1. The highest BCUT2D eigenvalue weighted by Crippen LogP contribution is 2.54. The summed E-state index contributed by atoms with van der Waals surface area (Å²) in [7, 11) is 33.0. The number of ether oxygens (including phenoxy) is 1. The SMILES string of the molecule is CC(C)N1CCC2(CCC(N(C)C)CC2)CC1.CC(C)N1CCN2CCC[C@H]2C1.CN(C)C1CC2(C1)CN(C(C)(C)C)C2.CN(C)C1CC2(CCN(C(C)(C)C)CC2)C1.CN(C)C1CCC2(CC1)CN(C(C)(C)C)C2.CN(C)CCN(C)C(C)(C)C.CN(CCN1CCCC1)C(C)(C)C.CN1CC2(CCN(C(C)(C)C)CC2)C1.CN1CCC(OC(C)(C)C)CC1.CN1CCN(C2CCN(C(C)(C)C)CC2)CC1.S. The largest absolute Gasteiger partial charge is 0.373 e. The van der Waals surface area contributed by atoms with Gasteiger partial charge in [-0.25, -0.2) is 0 Å². The molecular formula is C121H252N20OS. The van der Waals surface area contributed by atoms with E-state index in [2.05, 4.69) is 398 Å². The van der Waals surface area contributed by atoms with Crippen molar-refractivity contribution in [3.63, 3.8) is 0 Å². The van der Waals surface area contributed by atoms with Crippen LogP contribution in [-0.4, -0.2) is 499 Å². The Morgan fingerprint density at radius 1 is 0.287 bits per heavy atom. The van der Waals surface area contributed by atoms with Crippen LogP contribution in [0.4, 0.5) is 0 Å². The molecule has 1 atom stereocenters. The van der Waals surface area contributed by atoms with Gasteiger partial charge >= 0.3 is 0 Å². The van der Waals surface area contributed by atoms with Gasteiger partial charge in [0.1, 0.15) is 0 Å². The summed E-state index contributed by atoms with van der Waals surface area (Å²) >= 11 is 0. The molecule has 22 heteroatoms. The van der Waals surface area contributed by atoms with Gasteiger partial charge in [-0.05, 0) is 552 Å². The van der Waals surface area contributed by atoms with Crippen molar-refractivity contribution >= 4 is 13.5 Å². The summed E-state index contributed by atoms with van der Waals surface area (Å²) in [5, 5.41) is 0. The van der Waals surface area contributed by atoms with Crippen LogP contribution < -0.4 is 0 Å². The topological polar surface area (TPSA) is 74.0 Å². The molecule has 0 unspecified atom stereocenters. The van der Waals surface area contributed by atoms with Gasteiger partial charge in [0.15, 0.2) is 0 Å². The molecule has 0 aromatic heterocycles. The molecule has 21 nitrogen and oxygen atoms in total. The molecule has 143 heavy (non-hydrogen) atoms. The van der Waals surface area contributed by atoms with Crippen LogP contribution in [0.1, 0.15) is 361 Å². The number of rotatable bonds is 14. The Morgan fingerprint density at radius 3 is 1.01 bits per heavy atom. The Bertz CT molecular complexity index is 3320. The van der Waals surface area contributed by atoms with E-state index < -0.39 is 0 Å². The molecule has 16 rings (SSSR count). The second kappa shape index (κ2) is 56.9. The third-order valence-corrected chi connectivity index (χ3v) is 38.1. The average molecular weight is 2040 g/mol. The number of piperidine rings is 5. The number of piperazine rings is 2. The highest BCUT2D eigenvalue weighted by atomic mass is 32.1. The molecule has 4 saturated carbocycles. The van der Waals surface area contributed by atoms with Crippen LogP contribution in [0.15, 0.2) is 0 Å². The van der Waals surface area contributed by atoms with Gasteiger partial charge in [0.2, 0.25) is 0 Å². The normalized spacial score (nSPS) is 26.9. The molecule has 0 bridgehead atoms. The first-order valence-corrected chi connectivity index (χ1v) is 59.4. The van der Waals surface area contributed by atoms with E-state index in [1.165, 1.54) is 350 Å². The summed E-state index contributed by atoms with van der Waals surface area (Å²) in [6.45, 7) is 103. The van der Waals surface area contributed by atoms with Gasteiger partial charge in [0.25, 0.3) is 0 Å². The summed E-state index contributed by atoms with van der Waals surface area (Å²) in [5.74, 6) is 0. The Labute approximate surface area is 899 Å². The fraction of sp³-hybridized carbons (Fsp3) is 1.00. The van der Waals surface area contributed by atoms with Crippen molar-refractivity contribution in [2.75, 3.05) is 302 Å². The van der Waals surface area contributed by atoms with Crippen LogP contribution in [0.2, 0.25) is 0 Å². The molecule has 12 saturated heterocycles. The highest BCUT2D eigenvalue weighted by molar-refractivity contribution is 7.59. The van der Waals surface area contributed by atoms with Crippen LogP contribution in [0.5, 0.6) is 0 Å². The fourth-order valence-corrected chi connectivity index (χ4v) is 25.8. The molecule has 0 amide bonds. The summed E-state index contributed by atoms with van der Waals surface area (Å²) < 4.78 is 5.90. The van der Waals surface area contributed by atoms with Crippen molar-refractivity contribution in [1.29, 1.82) is 0 Å². The minimum atomic E-state index is 0. The Morgan fingerprint density at radius 2 is 0.636 bits per heavy atom. The minimum absolute atomic E-state index is 0. The summed E-state index contributed by atoms with van der Waals surface area (Å²) in [6, 6.07) is 6.64. The molecule has 0 aromatic carbocycles. The van der Waals surface area contributed by atoms with Gasteiger partial charge in [-0.3, -0.25) is 39.2 Å². The molecule has 16 fully saturated rings. The van der Waals surface area contributed by atoms with E-state index in [1.54, 1.807) is 0 Å². The van der Waals surface area contributed by atoms with Gasteiger partial charge in [-0.2, -0.15) is 13.5 Å². The standard InChI is InChI=1S/C15H30N2.C14H29N3.2C14H28N2.2C12H24N2.C11H24N2.C10H20N2.C10H21NO.C9H22N2.H2S/c1-13(2)17-11-9-15(10-12-17)7-5-14(6-8-15)16(3)4;1-14(2,3)17-7-5-13(6-8-17)16-11-9-15(4)10-12-16;1-13(2,3)16-8-6-14(7-9-16)10-12(11-14)15(4)5;1-13(2,3)16-10-14(11-16)8-6-12(7-9-14)15(4)5;1-11(2,3)14-8-12(9-14)6-10(7-12)13(4)5;1-11(2,3)14-7-5-12(6-8-14)9-13(4)10-12;1-11(2,3)12(4)9-10-13-7-5-6-8-13;1-9(2)12-7-6-11-5-3-4-10(11)8-12;1-10(2,3)12-9-5-7-11(4)8-6-9;1-9(2,3)11(6)8-7-10(4)5;/h13-14H,5-12H2,1-4H3;13H,5-12H2,1-4H3;2*12H,6-11H2,1-5H3;10H,6-9H2,1-5H3;5-10H2,1-4H3;5-10H2,1-4H3;9-10H,3-8H2,1-2H3;9H,5-8H2,1-4H3;7-8H2,1-6H3;1H2/t;;;;;;;10-;;;/m.......0.../s1. The zero-order valence-corrected chi connectivity index (χ0v) is 105. The Kier molecular flexibility index (Phi) is 52.2. The summed E-state index contributed by atoms with van der Waals surface area (Å²) in [6.07, 6.45) is 37.1. The minimum Gasteiger partial charge on any atom is -0.373 e. The molecule has 848 valence electrons. The van der Waals surface area contributed by atoms with Gasteiger partial charge in [0.05, 0.1) is 11.7 Å². The van der Waals surface area contributed by atoms with Gasteiger partial charge in [0, 0.05) is 225 Å². The molecule has 5 spiro atoms. The third kappa shape index (κ3) is 43.9. The number of likely N-dealkylation sites (tertiary alicyclic amines) is 9. The van der Waals surface area contributed by atoms with Gasteiger partial charge in [-0.15, -0.1) is 0 Å². The van der Waals surface area contributed by atoms with Gasteiger partial charge in [-0.1, -0.05) is 0 Å². The van der Waals surface area contributed by atoms with E-state index in [4.69, 9.17) is 4.74 Å². The highest BCUT2D eigenvalue weighted by Gasteiger charge is 2.56. The second-order valence-corrected chi connectivity index (χ2v) is 59.5. The molecule has 4 aliphatic carbocycles. The lowest BCUT2D eigenvalue weighted by Crippen LogP contribution is -2.69. The van der Waals surface area contributed by atoms with Crippen molar-refractivity contribution in [2.24, 2.45) is 27.1 Å². The fourth-order valence-electron chi connectivity index (χ4n) is 25.8. The molecule has 0 N–H and O–H groups in total. The maximum Gasteiger partial charge on any atom is 0.0606 e. The first kappa shape index (κ1) is 131. The lowest BCUT2D eigenvalue weighted by Gasteiger charge is -2.63. The summed E-state index contributed by atoms with van der Waals surface area (Å²) in [5.41, 5.74) is 6.05. The van der Waals surface area contributed by atoms with Crippen molar-refractivity contribution in [3.05, 3.63) is 0 Å². The van der Waals surface area contributed by atoms with E-state index in [-0.39, 0.29) is 19.1 Å². The zero-order valence-electron chi connectivity index (χ0n) is 104. The average Bonchev–Trinajstić information content (AvgIpc) is 0.888. The number of hydrogen-bond acceptors (Lipinski definition) is 21. The molecule has 0 radical (unpaired) electrons. The van der Waals surface area contributed by atoms with Crippen molar-refractivity contribution in [3.8, 4) is 0 Å². The first-order valence-electron chi connectivity index (χ1n) is 59.4. The molecule has 12 heterocycles. The number of likely N-dealkylation sites (N-methyl/N-ethyl adjacent to an activating group) is 4. The molecule has 16 aliphatic rings. The van der Waals surface area contributed by atoms with E-state index >= 15 is 0 Å². The van der Waals surface area contributed by atoms with E-state index in [0.717, 1.165) is 72.3 Å². The van der Waals surface area contributed by atoms with Crippen LogP contribution >= 0.6 is 13.5 Å². The van der Waals surface area contributed by atoms with Crippen LogP contribution in [0.3, 0.4) is 0 Å².